The fraction of sp³-hybridized carbons (Fsp3) is 0.250. The van der Waals surface area contributed by atoms with Crippen molar-refractivity contribution >= 4 is 29.3 Å². The number of hydrogen-bond acceptors (Lipinski definition) is 1. The molecule has 0 saturated heterocycles. The molecule has 1 nitrogen and oxygen atoms in total. The highest BCUT2D eigenvalue weighted by Crippen LogP contribution is 2.23. The maximum Gasteiger partial charge on any atom is 0.114 e. The van der Waals surface area contributed by atoms with E-state index in [1.165, 1.54) is 0 Å². The summed E-state index contributed by atoms with van der Waals surface area (Å²) < 4.78 is 5.16. The Bertz CT molecular complexity index is 501. The molecule has 0 aliphatic carbocycles. The highest BCUT2D eigenvalue weighted by molar-refractivity contribution is 6.42. The predicted octanol–water partition coefficient (Wildman–Crippen LogP) is 5.75. The molecular weight excluding hydrogens is 279 g/mol. The van der Waals surface area contributed by atoms with Crippen molar-refractivity contribution in [1.82, 2.24) is 0 Å². The Hall–Kier alpha value is -1.18. The lowest BCUT2D eigenvalue weighted by Gasteiger charge is -2.02. The third-order valence-electron chi connectivity index (χ3n) is 2.62. The second-order valence-corrected chi connectivity index (χ2v) is 4.96. The number of rotatable bonds is 5. The van der Waals surface area contributed by atoms with E-state index >= 15 is 0 Å². The van der Waals surface area contributed by atoms with Gasteiger partial charge in [0.2, 0.25) is 0 Å². The highest BCUT2D eigenvalue weighted by Gasteiger charge is 1.97. The summed E-state index contributed by atoms with van der Waals surface area (Å²) in [7, 11) is 1.66. The van der Waals surface area contributed by atoms with Crippen LogP contribution in [0.2, 0.25) is 10.0 Å². The van der Waals surface area contributed by atoms with Gasteiger partial charge in [0.05, 0.1) is 17.2 Å². The van der Waals surface area contributed by atoms with Crippen molar-refractivity contribution in [2.45, 2.75) is 13.8 Å². The molecule has 0 fully saturated rings. The first-order chi connectivity index (χ1) is 9.06. The number of ether oxygens (including phenoxy) is 1. The van der Waals surface area contributed by atoms with Crippen LogP contribution < -0.4 is 0 Å². The molecular formula is C16H18Cl2O. The van der Waals surface area contributed by atoms with Crippen LogP contribution in [0.15, 0.2) is 48.3 Å². The van der Waals surface area contributed by atoms with Crippen molar-refractivity contribution in [3.63, 3.8) is 0 Å². The molecule has 1 unspecified atom stereocenters. The summed E-state index contributed by atoms with van der Waals surface area (Å²) in [4.78, 5) is 0. The van der Waals surface area contributed by atoms with Gasteiger partial charge in [0.1, 0.15) is 5.76 Å². The molecule has 0 spiro atoms. The van der Waals surface area contributed by atoms with Crippen molar-refractivity contribution in [3.05, 3.63) is 63.9 Å². The smallest absolute Gasteiger partial charge is 0.114 e. The van der Waals surface area contributed by atoms with Crippen LogP contribution in [-0.2, 0) is 4.74 Å². The van der Waals surface area contributed by atoms with Gasteiger partial charge in [-0.1, -0.05) is 54.4 Å². The molecule has 3 heteroatoms. The fourth-order valence-electron chi connectivity index (χ4n) is 1.47. The molecule has 0 amide bonds. The van der Waals surface area contributed by atoms with Crippen LogP contribution in [0.5, 0.6) is 0 Å². The normalized spacial score (nSPS) is 14.3. The molecule has 0 aliphatic heterocycles. The number of allylic oxidation sites excluding steroid dienone is 4. The van der Waals surface area contributed by atoms with Gasteiger partial charge in [0.15, 0.2) is 0 Å². The zero-order chi connectivity index (χ0) is 14.3. The lowest BCUT2D eigenvalue weighted by Crippen LogP contribution is -1.85. The number of methoxy groups -OCH3 is 1. The van der Waals surface area contributed by atoms with Gasteiger partial charge >= 0.3 is 0 Å². The van der Waals surface area contributed by atoms with Crippen molar-refractivity contribution in [1.29, 1.82) is 0 Å². The summed E-state index contributed by atoms with van der Waals surface area (Å²) in [6.07, 6.45) is 10.1. The molecule has 1 aromatic rings. The Morgan fingerprint density at radius 1 is 1.21 bits per heavy atom. The summed E-state index contributed by atoms with van der Waals surface area (Å²) in [5, 5.41) is 1.15. The van der Waals surface area contributed by atoms with E-state index in [0.29, 0.717) is 16.0 Å². The zero-order valence-electron chi connectivity index (χ0n) is 11.4. The second kappa shape index (κ2) is 8.08. The molecule has 0 N–H and O–H groups in total. The predicted molar refractivity (Wildman–Crippen MR) is 84.6 cm³/mol. The van der Waals surface area contributed by atoms with Crippen LogP contribution in [-0.4, -0.2) is 7.11 Å². The van der Waals surface area contributed by atoms with E-state index in [9.17, 15) is 0 Å². The first-order valence-electron chi connectivity index (χ1n) is 6.08. The molecule has 102 valence electrons. The zero-order valence-corrected chi connectivity index (χ0v) is 12.9. The molecule has 1 aromatic carbocycles. The average molecular weight is 297 g/mol. The quantitative estimate of drug-likeness (QED) is 0.496. The van der Waals surface area contributed by atoms with Crippen molar-refractivity contribution in [3.8, 4) is 0 Å². The first-order valence-corrected chi connectivity index (χ1v) is 6.84. The number of benzene rings is 1. The molecule has 1 rings (SSSR count). The van der Waals surface area contributed by atoms with E-state index < -0.39 is 0 Å². The van der Waals surface area contributed by atoms with Crippen LogP contribution in [0.4, 0.5) is 0 Å². The van der Waals surface area contributed by atoms with E-state index in [0.717, 1.165) is 11.3 Å². The summed E-state index contributed by atoms with van der Waals surface area (Å²) in [5.41, 5.74) is 1.03. The summed E-state index contributed by atoms with van der Waals surface area (Å²) in [5.74, 6) is 1.16. The summed E-state index contributed by atoms with van der Waals surface area (Å²) in [6, 6.07) is 5.59. The van der Waals surface area contributed by atoms with Gasteiger partial charge in [-0.2, -0.15) is 0 Å². The Balaban J connectivity index is 2.68. The van der Waals surface area contributed by atoms with E-state index in [1.54, 1.807) is 13.2 Å². The Kier molecular flexibility index (Phi) is 6.75. The van der Waals surface area contributed by atoms with Gasteiger partial charge in [-0.05, 0) is 42.7 Å². The van der Waals surface area contributed by atoms with Gasteiger partial charge < -0.3 is 4.74 Å². The molecule has 19 heavy (non-hydrogen) atoms. The van der Waals surface area contributed by atoms with Crippen molar-refractivity contribution < 1.29 is 4.74 Å². The molecule has 0 saturated carbocycles. The molecule has 1 atom stereocenters. The SMILES string of the molecule is C/C=C(\C=C/C(C)/C=C/c1ccc(Cl)c(Cl)c1)OC. The van der Waals surface area contributed by atoms with Crippen LogP contribution >= 0.6 is 23.2 Å². The lowest BCUT2D eigenvalue weighted by molar-refractivity contribution is 0.306. The Morgan fingerprint density at radius 2 is 1.95 bits per heavy atom. The molecule has 0 heterocycles. The fourth-order valence-corrected chi connectivity index (χ4v) is 1.78. The number of hydrogen-bond donors (Lipinski definition) is 0. The summed E-state index contributed by atoms with van der Waals surface area (Å²) in [6.45, 7) is 4.05. The Labute approximate surface area is 125 Å². The standard InChI is InChI=1S/C16H18Cl2O/c1-4-14(19-3)9-6-12(2)5-7-13-8-10-15(17)16(18)11-13/h4-12H,1-3H3/b7-5+,9-6-,14-4+. The molecule has 0 aromatic heterocycles. The van der Waals surface area contributed by atoms with Crippen molar-refractivity contribution in [2.75, 3.05) is 7.11 Å². The number of halogens is 2. The molecule has 0 radical (unpaired) electrons. The van der Waals surface area contributed by atoms with E-state index in [-0.39, 0.29) is 0 Å². The maximum absolute atomic E-state index is 5.97. The minimum Gasteiger partial charge on any atom is -0.497 e. The van der Waals surface area contributed by atoms with Gasteiger partial charge in [-0.3, -0.25) is 0 Å². The first kappa shape index (κ1) is 15.9. The lowest BCUT2D eigenvalue weighted by atomic mass is 10.1. The third kappa shape index (κ3) is 5.54. The van der Waals surface area contributed by atoms with Gasteiger partial charge in [-0.15, -0.1) is 0 Å². The monoisotopic (exact) mass is 296 g/mol. The van der Waals surface area contributed by atoms with E-state index in [2.05, 4.69) is 19.1 Å². The minimum atomic E-state index is 0.305. The van der Waals surface area contributed by atoms with Gasteiger partial charge in [0, 0.05) is 0 Å². The van der Waals surface area contributed by atoms with E-state index in [1.807, 2.05) is 37.3 Å². The largest absolute Gasteiger partial charge is 0.497 e. The van der Waals surface area contributed by atoms with Crippen LogP contribution in [0.3, 0.4) is 0 Å². The van der Waals surface area contributed by atoms with E-state index in [4.69, 9.17) is 27.9 Å². The Morgan fingerprint density at radius 3 is 2.53 bits per heavy atom. The van der Waals surface area contributed by atoms with Crippen LogP contribution in [0.25, 0.3) is 6.08 Å². The summed E-state index contributed by atoms with van der Waals surface area (Å²) >= 11 is 11.8. The topological polar surface area (TPSA) is 9.23 Å². The third-order valence-corrected chi connectivity index (χ3v) is 3.36. The van der Waals surface area contributed by atoms with Crippen LogP contribution in [0, 0.1) is 5.92 Å². The van der Waals surface area contributed by atoms with Crippen LogP contribution in [0.1, 0.15) is 19.4 Å². The maximum atomic E-state index is 5.97. The van der Waals surface area contributed by atoms with Gasteiger partial charge in [-0.25, -0.2) is 0 Å². The second-order valence-electron chi connectivity index (χ2n) is 4.15. The average Bonchev–Trinajstić information content (AvgIpc) is 2.41. The van der Waals surface area contributed by atoms with Crippen molar-refractivity contribution in [2.24, 2.45) is 5.92 Å². The molecule has 0 aliphatic rings. The highest BCUT2D eigenvalue weighted by atomic mass is 35.5. The van der Waals surface area contributed by atoms with Gasteiger partial charge in [0.25, 0.3) is 0 Å². The molecule has 0 bridgehead atoms. The minimum absolute atomic E-state index is 0.305.